The number of sulfone groups is 1. The SMILES string of the molecule is Cc1cccc(S(=O)(=O)c2ccc(CN3CCN(C4CCN(C(=O)c5ccccc5N)CC4)C[C@H]3C)cn2)c1. The Balaban J connectivity index is 1.14. The molecule has 39 heavy (non-hydrogen) atoms. The minimum atomic E-state index is -3.63. The molecule has 8 nitrogen and oxygen atoms in total. The van der Waals surface area contributed by atoms with Gasteiger partial charge in [-0.2, -0.15) is 0 Å². The molecular weight excluding hydrogens is 510 g/mol. The largest absolute Gasteiger partial charge is 0.398 e. The predicted molar refractivity (Wildman–Crippen MR) is 152 cm³/mol. The van der Waals surface area contributed by atoms with Gasteiger partial charge in [0, 0.05) is 63.2 Å². The second-order valence-electron chi connectivity index (χ2n) is 10.7. The van der Waals surface area contributed by atoms with E-state index in [1.807, 2.05) is 36.1 Å². The van der Waals surface area contributed by atoms with Gasteiger partial charge in [0.25, 0.3) is 5.91 Å². The Bertz CT molecular complexity index is 1420. The van der Waals surface area contributed by atoms with E-state index in [-0.39, 0.29) is 15.8 Å². The lowest BCUT2D eigenvalue weighted by atomic mass is 9.99. The molecule has 1 aromatic heterocycles. The molecule has 2 aromatic carbocycles. The molecule has 2 saturated heterocycles. The molecule has 0 unspecified atom stereocenters. The van der Waals surface area contributed by atoms with Gasteiger partial charge in [-0.05, 0) is 68.1 Å². The average Bonchev–Trinajstić information content (AvgIpc) is 2.94. The van der Waals surface area contributed by atoms with E-state index >= 15 is 0 Å². The molecule has 3 heterocycles. The summed E-state index contributed by atoms with van der Waals surface area (Å²) >= 11 is 0. The van der Waals surface area contributed by atoms with Gasteiger partial charge in [-0.15, -0.1) is 0 Å². The number of amides is 1. The maximum atomic E-state index is 13.0. The van der Waals surface area contributed by atoms with Crippen LogP contribution in [0.4, 0.5) is 5.69 Å². The molecule has 0 saturated carbocycles. The number of nitrogens with two attached hydrogens (primary N) is 1. The Labute approximate surface area is 231 Å². The number of hydrogen-bond donors (Lipinski definition) is 1. The number of benzene rings is 2. The van der Waals surface area contributed by atoms with Crippen molar-refractivity contribution in [2.45, 2.75) is 55.2 Å². The topological polar surface area (TPSA) is 99.8 Å². The fourth-order valence-corrected chi connectivity index (χ4v) is 6.97. The molecule has 0 spiro atoms. The molecule has 206 valence electrons. The third-order valence-corrected chi connectivity index (χ3v) is 9.68. The van der Waals surface area contributed by atoms with Gasteiger partial charge in [-0.25, -0.2) is 13.4 Å². The van der Waals surface area contributed by atoms with Crippen molar-refractivity contribution in [3.63, 3.8) is 0 Å². The Morgan fingerprint density at radius 2 is 1.77 bits per heavy atom. The van der Waals surface area contributed by atoms with E-state index in [0.717, 1.165) is 63.2 Å². The molecule has 2 aliphatic rings. The summed E-state index contributed by atoms with van der Waals surface area (Å²) in [4.78, 5) is 24.4. The summed E-state index contributed by atoms with van der Waals surface area (Å²) in [6.07, 6.45) is 3.62. The van der Waals surface area contributed by atoms with Crippen molar-refractivity contribution >= 4 is 21.4 Å². The van der Waals surface area contributed by atoms with Crippen LogP contribution in [-0.2, 0) is 16.4 Å². The van der Waals surface area contributed by atoms with E-state index in [4.69, 9.17) is 5.73 Å². The zero-order valence-electron chi connectivity index (χ0n) is 22.7. The number of hydrogen-bond acceptors (Lipinski definition) is 7. The lowest BCUT2D eigenvalue weighted by Crippen LogP contribution is -2.56. The van der Waals surface area contributed by atoms with Gasteiger partial charge >= 0.3 is 0 Å². The van der Waals surface area contributed by atoms with E-state index in [0.29, 0.717) is 23.3 Å². The first-order valence-corrected chi connectivity index (χ1v) is 15.1. The molecule has 5 rings (SSSR count). The second kappa shape index (κ2) is 11.5. The molecule has 1 amide bonds. The monoisotopic (exact) mass is 547 g/mol. The van der Waals surface area contributed by atoms with Crippen LogP contribution in [0.3, 0.4) is 0 Å². The smallest absolute Gasteiger partial charge is 0.255 e. The zero-order valence-corrected chi connectivity index (χ0v) is 23.5. The Morgan fingerprint density at radius 1 is 1.00 bits per heavy atom. The van der Waals surface area contributed by atoms with Crippen LogP contribution in [0.5, 0.6) is 0 Å². The van der Waals surface area contributed by atoms with Crippen LogP contribution in [0, 0.1) is 6.92 Å². The lowest BCUT2D eigenvalue weighted by Gasteiger charge is -2.45. The number of carbonyl (C=O) groups is 1. The van der Waals surface area contributed by atoms with Crippen LogP contribution in [0.15, 0.2) is 76.8 Å². The van der Waals surface area contributed by atoms with E-state index in [1.165, 1.54) is 0 Å². The first kappa shape index (κ1) is 27.3. The maximum absolute atomic E-state index is 13.0. The van der Waals surface area contributed by atoms with Crippen LogP contribution in [0.2, 0.25) is 0 Å². The number of para-hydroxylation sites is 1. The third kappa shape index (κ3) is 6.00. The highest BCUT2D eigenvalue weighted by Crippen LogP contribution is 2.25. The average molecular weight is 548 g/mol. The van der Waals surface area contributed by atoms with E-state index < -0.39 is 9.84 Å². The summed E-state index contributed by atoms with van der Waals surface area (Å²) in [5, 5.41) is 0.0782. The number of piperidine rings is 1. The van der Waals surface area contributed by atoms with Gasteiger partial charge in [0.05, 0.1) is 10.5 Å². The number of carbonyl (C=O) groups excluding carboxylic acids is 1. The molecule has 9 heteroatoms. The number of nitrogens with zero attached hydrogens (tertiary/aromatic N) is 4. The van der Waals surface area contributed by atoms with Crippen molar-refractivity contribution in [3.8, 4) is 0 Å². The summed E-state index contributed by atoms with van der Waals surface area (Å²) < 4.78 is 25.9. The molecule has 0 bridgehead atoms. The summed E-state index contributed by atoms with van der Waals surface area (Å²) in [6.45, 7) is 9.23. The van der Waals surface area contributed by atoms with Crippen LogP contribution in [0.1, 0.15) is 41.3 Å². The number of likely N-dealkylation sites (tertiary alicyclic amines) is 1. The van der Waals surface area contributed by atoms with E-state index in [9.17, 15) is 13.2 Å². The molecule has 3 aromatic rings. The van der Waals surface area contributed by atoms with Crippen LogP contribution < -0.4 is 5.73 Å². The number of aromatic nitrogens is 1. The van der Waals surface area contributed by atoms with Crippen LogP contribution in [-0.4, -0.2) is 78.8 Å². The molecule has 0 radical (unpaired) electrons. The first-order valence-electron chi connectivity index (χ1n) is 13.6. The molecule has 2 aliphatic heterocycles. The van der Waals surface area contributed by atoms with Crippen molar-refractivity contribution in [1.29, 1.82) is 0 Å². The molecule has 1 atom stereocenters. The number of pyridine rings is 1. The fourth-order valence-electron chi connectivity index (χ4n) is 5.69. The fraction of sp³-hybridized carbons (Fsp3) is 0.400. The third-order valence-electron chi connectivity index (χ3n) is 8.01. The van der Waals surface area contributed by atoms with Gasteiger partial charge < -0.3 is 10.6 Å². The van der Waals surface area contributed by atoms with E-state index in [2.05, 4.69) is 21.7 Å². The van der Waals surface area contributed by atoms with Gasteiger partial charge in [0.2, 0.25) is 9.84 Å². The lowest BCUT2D eigenvalue weighted by molar-refractivity contribution is 0.0259. The highest BCUT2D eigenvalue weighted by Gasteiger charge is 2.32. The standard InChI is InChI=1S/C30H37N5O3S/c1-22-6-5-7-26(18-22)39(37,38)29-11-10-24(19-32-29)21-34-16-17-35(20-23(34)2)25-12-14-33(15-13-25)30(36)27-8-3-4-9-28(27)31/h3-11,18-19,23,25H,12-17,20-21,31H2,1-2H3/t23-/m1/s1. The number of anilines is 1. The number of aryl methyl sites for hydroxylation is 1. The first-order chi connectivity index (χ1) is 18.7. The van der Waals surface area contributed by atoms with Crippen molar-refractivity contribution in [3.05, 3.63) is 83.6 Å². The van der Waals surface area contributed by atoms with Gasteiger partial charge in [0.1, 0.15) is 0 Å². The van der Waals surface area contributed by atoms with Gasteiger partial charge in [0.15, 0.2) is 5.03 Å². The van der Waals surface area contributed by atoms with E-state index in [1.54, 1.807) is 42.6 Å². The van der Waals surface area contributed by atoms with Gasteiger partial charge in [-0.3, -0.25) is 14.6 Å². The Hall–Kier alpha value is -3.27. The number of piperazine rings is 1. The Morgan fingerprint density at radius 3 is 2.44 bits per heavy atom. The summed E-state index contributed by atoms with van der Waals surface area (Å²) in [7, 11) is -3.63. The summed E-state index contributed by atoms with van der Waals surface area (Å²) in [5.74, 6) is 0.0241. The minimum Gasteiger partial charge on any atom is -0.398 e. The number of rotatable bonds is 6. The second-order valence-corrected chi connectivity index (χ2v) is 12.6. The summed E-state index contributed by atoms with van der Waals surface area (Å²) in [6, 6.07) is 18.5. The molecule has 0 aliphatic carbocycles. The van der Waals surface area contributed by atoms with Crippen LogP contribution >= 0.6 is 0 Å². The van der Waals surface area contributed by atoms with Crippen LogP contribution in [0.25, 0.3) is 0 Å². The zero-order chi connectivity index (χ0) is 27.6. The Kier molecular flexibility index (Phi) is 8.02. The molecule has 2 N–H and O–H groups in total. The highest BCUT2D eigenvalue weighted by atomic mass is 32.2. The molecular formula is C30H37N5O3S. The van der Waals surface area contributed by atoms with Crippen molar-refractivity contribution in [2.24, 2.45) is 0 Å². The van der Waals surface area contributed by atoms with Crippen molar-refractivity contribution < 1.29 is 13.2 Å². The highest BCUT2D eigenvalue weighted by molar-refractivity contribution is 7.91. The minimum absolute atomic E-state index is 0.0241. The van der Waals surface area contributed by atoms with Crippen molar-refractivity contribution in [1.82, 2.24) is 19.7 Å². The van der Waals surface area contributed by atoms with Crippen molar-refractivity contribution in [2.75, 3.05) is 38.5 Å². The van der Waals surface area contributed by atoms with Gasteiger partial charge in [-0.1, -0.05) is 30.3 Å². The maximum Gasteiger partial charge on any atom is 0.255 e. The number of nitrogen functional groups attached to an aromatic ring is 1. The quantitative estimate of drug-likeness (QED) is 0.471. The normalized spacial score (nSPS) is 19.7. The summed E-state index contributed by atoms with van der Waals surface area (Å²) in [5.41, 5.74) is 9.05. The molecule has 2 fully saturated rings. The predicted octanol–water partition coefficient (Wildman–Crippen LogP) is 3.62.